The molecule has 0 aliphatic carbocycles. The van der Waals surface area contributed by atoms with Gasteiger partial charge in [-0.25, -0.2) is 4.39 Å². The Morgan fingerprint density at radius 1 is 1.20 bits per heavy atom. The van der Waals surface area contributed by atoms with Crippen molar-refractivity contribution in [2.45, 2.75) is 19.3 Å². The Morgan fingerprint density at radius 3 is 2.72 bits per heavy atom. The summed E-state index contributed by atoms with van der Waals surface area (Å²) in [5, 5.41) is 9.31. The fraction of sp³-hybridized carbons (Fsp3) is 0.350. The maximum atomic E-state index is 13.6. The second kappa shape index (κ2) is 8.01. The first-order valence-corrected chi connectivity index (χ1v) is 8.55. The van der Waals surface area contributed by atoms with Crippen LogP contribution in [0.25, 0.3) is 0 Å². The molecule has 1 aliphatic rings. The molecule has 1 atom stereocenters. The summed E-state index contributed by atoms with van der Waals surface area (Å²) in [7, 11) is 0. The number of hydrogen-bond acceptors (Lipinski definition) is 3. The molecule has 5 heteroatoms. The first-order chi connectivity index (χ1) is 12.1. The van der Waals surface area contributed by atoms with Crippen molar-refractivity contribution in [3.05, 3.63) is 59.9 Å². The summed E-state index contributed by atoms with van der Waals surface area (Å²) in [6, 6.07) is 13.1. The fourth-order valence-corrected chi connectivity index (χ4v) is 3.10. The second-order valence-electron chi connectivity index (χ2n) is 6.43. The van der Waals surface area contributed by atoms with Gasteiger partial charge < -0.3 is 14.7 Å². The first kappa shape index (κ1) is 17.3. The fourth-order valence-electron chi connectivity index (χ4n) is 3.10. The first-order valence-electron chi connectivity index (χ1n) is 8.55. The van der Waals surface area contributed by atoms with E-state index in [0.29, 0.717) is 19.6 Å². The molecule has 1 fully saturated rings. The lowest BCUT2D eigenvalue weighted by Crippen LogP contribution is -2.42. The number of benzene rings is 2. The lowest BCUT2D eigenvalue weighted by Gasteiger charge is -2.32. The Morgan fingerprint density at radius 2 is 1.96 bits per heavy atom. The summed E-state index contributed by atoms with van der Waals surface area (Å²) in [6.45, 7) is 1.78. The number of hydrogen-bond donors (Lipinski definition) is 1. The molecule has 1 N–H and O–H groups in total. The monoisotopic (exact) mass is 343 g/mol. The number of nitrogens with zero attached hydrogens (tertiary/aromatic N) is 1. The van der Waals surface area contributed by atoms with Gasteiger partial charge in [0.25, 0.3) is 0 Å². The van der Waals surface area contributed by atoms with Crippen LogP contribution < -0.4 is 4.74 Å². The molecule has 0 spiro atoms. The van der Waals surface area contributed by atoms with Gasteiger partial charge in [0.2, 0.25) is 5.91 Å². The SMILES string of the molecule is O=C(Cc1ccc(O)cc1)N1CCC[C@H](COc2ccccc2F)C1. The minimum atomic E-state index is -0.362. The molecule has 2 aromatic rings. The molecule has 1 aliphatic heterocycles. The van der Waals surface area contributed by atoms with E-state index in [-0.39, 0.29) is 29.1 Å². The van der Waals surface area contributed by atoms with E-state index >= 15 is 0 Å². The van der Waals surface area contributed by atoms with Gasteiger partial charge in [-0.3, -0.25) is 4.79 Å². The number of phenols is 1. The largest absolute Gasteiger partial charge is 0.508 e. The van der Waals surface area contributed by atoms with Gasteiger partial charge in [-0.2, -0.15) is 0 Å². The zero-order valence-corrected chi connectivity index (χ0v) is 14.0. The molecule has 0 aromatic heterocycles. The molecule has 0 unspecified atom stereocenters. The molecule has 0 bridgehead atoms. The van der Waals surface area contributed by atoms with Crippen molar-refractivity contribution < 1.29 is 19.0 Å². The van der Waals surface area contributed by atoms with Gasteiger partial charge in [0, 0.05) is 19.0 Å². The van der Waals surface area contributed by atoms with E-state index in [9.17, 15) is 14.3 Å². The minimum Gasteiger partial charge on any atom is -0.508 e. The normalized spacial score (nSPS) is 17.3. The Kier molecular flexibility index (Phi) is 5.53. The highest BCUT2D eigenvalue weighted by atomic mass is 19.1. The minimum absolute atomic E-state index is 0.0706. The predicted octanol–water partition coefficient (Wildman–Crippen LogP) is 3.39. The number of rotatable bonds is 5. The van der Waals surface area contributed by atoms with Crippen molar-refractivity contribution >= 4 is 5.91 Å². The van der Waals surface area contributed by atoms with Crippen molar-refractivity contribution in [2.24, 2.45) is 5.92 Å². The lowest BCUT2D eigenvalue weighted by atomic mass is 9.98. The van der Waals surface area contributed by atoms with E-state index in [2.05, 4.69) is 0 Å². The molecule has 1 saturated heterocycles. The van der Waals surface area contributed by atoms with Gasteiger partial charge in [0.1, 0.15) is 5.75 Å². The van der Waals surface area contributed by atoms with Crippen LogP contribution in [0.1, 0.15) is 18.4 Å². The van der Waals surface area contributed by atoms with Crippen LogP contribution in [0.3, 0.4) is 0 Å². The number of carbonyl (C=O) groups excluding carboxylic acids is 1. The topological polar surface area (TPSA) is 49.8 Å². The van der Waals surface area contributed by atoms with E-state index in [1.807, 2.05) is 4.90 Å². The maximum Gasteiger partial charge on any atom is 0.227 e. The van der Waals surface area contributed by atoms with Gasteiger partial charge in [-0.05, 0) is 42.7 Å². The Balaban J connectivity index is 1.52. The quantitative estimate of drug-likeness (QED) is 0.905. The number of piperidine rings is 1. The third kappa shape index (κ3) is 4.72. The van der Waals surface area contributed by atoms with Gasteiger partial charge in [-0.1, -0.05) is 24.3 Å². The second-order valence-corrected chi connectivity index (χ2v) is 6.43. The molecule has 25 heavy (non-hydrogen) atoms. The van der Waals surface area contributed by atoms with E-state index in [0.717, 1.165) is 24.9 Å². The summed E-state index contributed by atoms with van der Waals surface area (Å²) in [5.41, 5.74) is 0.882. The van der Waals surface area contributed by atoms with Gasteiger partial charge in [0.05, 0.1) is 13.0 Å². The highest BCUT2D eigenvalue weighted by molar-refractivity contribution is 5.78. The van der Waals surface area contributed by atoms with Crippen molar-refractivity contribution in [1.29, 1.82) is 0 Å². The Labute approximate surface area is 146 Å². The average Bonchev–Trinajstić information content (AvgIpc) is 2.63. The van der Waals surface area contributed by atoms with Gasteiger partial charge in [0.15, 0.2) is 11.6 Å². The number of amides is 1. The molecule has 3 rings (SSSR count). The zero-order chi connectivity index (χ0) is 17.6. The number of carbonyl (C=O) groups is 1. The third-order valence-electron chi connectivity index (χ3n) is 4.47. The van der Waals surface area contributed by atoms with Crippen molar-refractivity contribution in [3.8, 4) is 11.5 Å². The summed E-state index contributed by atoms with van der Waals surface area (Å²) in [6.07, 6.45) is 2.21. The van der Waals surface area contributed by atoms with E-state index in [1.54, 1.807) is 42.5 Å². The summed E-state index contributed by atoms with van der Waals surface area (Å²) in [5.74, 6) is 0.367. The molecule has 1 heterocycles. The molecular weight excluding hydrogens is 321 g/mol. The van der Waals surface area contributed by atoms with Crippen LogP contribution in [0.4, 0.5) is 4.39 Å². The lowest BCUT2D eigenvalue weighted by molar-refractivity contribution is -0.132. The molecule has 132 valence electrons. The Hall–Kier alpha value is -2.56. The van der Waals surface area contributed by atoms with E-state index in [4.69, 9.17) is 4.74 Å². The van der Waals surface area contributed by atoms with Crippen LogP contribution in [0.2, 0.25) is 0 Å². The average molecular weight is 343 g/mol. The summed E-state index contributed by atoms with van der Waals surface area (Å²) in [4.78, 5) is 14.3. The standard InChI is InChI=1S/C20H22FNO3/c21-18-5-1-2-6-19(18)25-14-16-4-3-11-22(13-16)20(24)12-15-7-9-17(23)10-8-15/h1-2,5-10,16,23H,3-4,11-14H2/t16-/m0/s1. The van der Waals surface area contributed by atoms with Gasteiger partial charge >= 0.3 is 0 Å². The summed E-state index contributed by atoms with van der Waals surface area (Å²) < 4.78 is 19.2. The van der Waals surface area contributed by atoms with Gasteiger partial charge in [-0.15, -0.1) is 0 Å². The van der Waals surface area contributed by atoms with Crippen LogP contribution in [0, 0.1) is 11.7 Å². The van der Waals surface area contributed by atoms with E-state index < -0.39 is 0 Å². The molecule has 4 nitrogen and oxygen atoms in total. The Bertz CT molecular complexity index is 717. The molecule has 1 amide bonds. The number of halogens is 1. The molecule has 0 saturated carbocycles. The number of ether oxygens (including phenoxy) is 1. The number of aromatic hydroxyl groups is 1. The molecular formula is C20H22FNO3. The number of likely N-dealkylation sites (tertiary alicyclic amines) is 1. The van der Waals surface area contributed by atoms with Crippen LogP contribution in [-0.2, 0) is 11.2 Å². The molecule has 2 aromatic carbocycles. The predicted molar refractivity (Wildman–Crippen MR) is 93.0 cm³/mol. The highest BCUT2D eigenvalue weighted by Crippen LogP contribution is 2.21. The maximum absolute atomic E-state index is 13.6. The molecule has 0 radical (unpaired) electrons. The number of para-hydroxylation sites is 1. The zero-order valence-electron chi connectivity index (χ0n) is 14.0. The van der Waals surface area contributed by atoms with Crippen LogP contribution >= 0.6 is 0 Å². The summed E-state index contributed by atoms with van der Waals surface area (Å²) >= 11 is 0. The van der Waals surface area contributed by atoms with Crippen LogP contribution in [0.5, 0.6) is 11.5 Å². The highest BCUT2D eigenvalue weighted by Gasteiger charge is 2.24. The third-order valence-corrected chi connectivity index (χ3v) is 4.47. The van der Waals surface area contributed by atoms with Crippen molar-refractivity contribution in [2.75, 3.05) is 19.7 Å². The van der Waals surface area contributed by atoms with E-state index in [1.165, 1.54) is 6.07 Å². The number of phenolic OH excluding ortho intramolecular Hbond substituents is 1. The van der Waals surface area contributed by atoms with Crippen molar-refractivity contribution in [3.63, 3.8) is 0 Å². The van der Waals surface area contributed by atoms with Crippen molar-refractivity contribution in [1.82, 2.24) is 4.90 Å². The van der Waals surface area contributed by atoms with Crippen LogP contribution in [0.15, 0.2) is 48.5 Å². The smallest absolute Gasteiger partial charge is 0.227 e. The van der Waals surface area contributed by atoms with Crippen LogP contribution in [-0.4, -0.2) is 35.6 Å².